The van der Waals surface area contributed by atoms with Gasteiger partial charge in [0.05, 0.1) is 18.8 Å². The van der Waals surface area contributed by atoms with Crippen LogP contribution in [0.25, 0.3) is 0 Å². The first-order valence-corrected chi connectivity index (χ1v) is 8.19. The molecular formula is C17H25N3O2. The van der Waals surface area contributed by atoms with Crippen molar-refractivity contribution in [1.29, 1.82) is 0 Å². The molecule has 2 aliphatic heterocycles. The van der Waals surface area contributed by atoms with Crippen molar-refractivity contribution in [3.05, 3.63) is 24.3 Å². The molecule has 0 saturated carbocycles. The van der Waals surface area contributed by atoms with Gasteiger partial charge in [-0.05, 0) is 44.4 Å². The number of rotatable bonds is 4. The number of hydrogen-bond donors (Lipinski definition) is 2. The molecule has 22 heavy (non-hydrogen) atoms. The van der Waals surface area contributed by atoms with Crippen molar-refractivity contribution < 1.29 is 9.53 Å². The maximum Gasteiger partial charge on any atom is 0.237 e. The van der Waals surface area contributed by atoms with Gasteiger partial charge in [-0.25, -0.2) is 0 Å². The van der Waals surface area contributed by atoms with Crippen LogP contribution in [0.1, 0.15) is 25.7 Å². The molecule has 0 aromatic heterocycles. The Morgan fingerprint density at radius 1 is 1.27 bits per heavy atom. The molecule has 1 aromatic rings. The molecule has 3 rings (SSSR count). The van der Waals surface area contributed by atoms with Gasteiger partial charge >= 0.3 is 0 Å². The van der Waals surface area contributed by atoms with Crippen molar-refractivity contribution in [3.8, 4) is 5.75 Å². The molecule has 0 spiro atoms. The van der Waals surface area contributed by atoms with Gasteiger partial charge in [-0.2, -0.15) is 0 Å². The molecule has 5 nitrogen and oxygen atoms in total. The van der Waals surface area contributed by atoms with Crippen molar-refractivity contribution in [3.63, 3.8) is 0 Å². The molecule has 0 bridgehead atoms. The number of hydrogen-bond acceptors (Lipinski definition) is 4. The highest BCUT2D eigenvalue weighted by molar-refractivity contribution is 5.82. The summed E-state index contributed by atoms with van der Waals surface area (Å²) >= 11 is 0. The van der Waals surface area contributed by atoms with Crippen LogP contribution in [0.5, 0.6) is 5.75 Å². The summed E-state index contributed by atoms with van der Waals surface area (Å²) in [6.45, 7) is 2.86. The quantitative estimate of drug-likeness (QED) is 0.886. The molecule has 0 radical (unpaired) electrons. The summed E-state index contributed by atoms with van der Waals surface area (Å²) in [5, 5.41) is 6.46. The maximum absolute atomic E-state index is 12.2. The number of methoxy groups -OCH3 is 1. The lowest BCUT2D eigenvalue weighted by Gasteiger charge is -2.35. The normalized spacial score (nSPS) is 22.6. The van der Waals surface area contributed by atoms with Crippen LogP contribution in [0, 0.1) is 0 Å². The second-order valence-corrected chi connectivity index (χ2v) is 6.09. The van der Waals surface area contributed by atoms with E-state index in [0.29, 0.717) is 6.04 Å². The number of piperidine rings is 1. The zero-order valence-corrected chi connectivity index (χ0v) is 13.2. The van der Waals surface area contributed by atoms with Gasteiger partial charge in [0.1, 0.15) is 5.75 Å². The number of benzene rings is 1. The van der Waals surface area contributed by atoms with Gasteiger partial charge in [0.15, 0.2) is 0 Å². The van der Waals surface area contributed by atoms with E-state index < -0.39 is 0 Å². The van der Waals surface area contributed by atoms with Crippen molar-refractivity contribution >= 4 is 11.6 Å². The van der Waals surface area contributed by atoms with Crippen LogP contribution in [-0.4, -0.2) is 44.7 Å². The Hall–Kier alpha value is -1.75. The van der Waals surface area contributed by atoms with Crippen LogP contribution in [-0.2, 0) is 4.79 Å². The van der Waals surface area contributed by atoms with Gasteiger partial charge < -0.3 is 20.3 Å². The third kappa shape index (κ3) is 3.35. The number of carbonyl (C=O) groups excluding carboxylic acids is 1. The Balaban J connectivity index is 1.53. The Bertz CT molecular complexity index is 506. The molecule has 120 valence electrons. The van der Waals surface area contributed by atoms with Gasteiger partial charge in [0.2, 0.25) is 5.91 Å². The average molecular weight is 303 g/mol. The minimum atomic E-state index is 0.0206. The predicted octanol–water partition coefficient (Wildman–Crippen LogP) is 1.53. The summed E-state index contributed by atoms with van der Waals surface area (Å²) < 4.78 is 5.44. The second kappa shape index (κ2) is 7.01. The van der Waals surface area contributed by atoms with Crippen LogP contribution in [0.4, 0.5) is 5.69 Å². The monoisotopic (exact) mass is 303 g/mol. The number of nitrogens with one attached hydrogen (secondary N) is 2. The highest BCUT2D eigenvalue weighted by atomic mass is 16.5. The van der Waals surface area contributed by atoms with E-state index in [1.165, 1.54) is 0 Å². The first-order valence-electron chi connectivity index (χ1n) is 8.19. The third-order valence-electron chi connectivity index (χ3n) is 4.64. The van der Waals surface area contributed by atoms with Gasteiger partial charge in [-0.15, -0.1) is 0 Å². The highest BCUT2D eigenvalue weighted by Gasteiger charge is 2.27. The largest absolute Gasteiger partial charge is 0.495 e. The molecule has 1 unspecified atom stereocenters. The van der Waals surface area contributed by atoms with E-state index in [1.54, 1.807) is 7.11 Å². The van der Waals surface area contributed by atoms with Crippen molar-refractivity contribution in [2.24, 2.45) is 0 Å². The average Bonchev–Trinajstić information content (AvgIpc) is 3.10. The summed E-state index contributed by atoms with van der Waals surface area (Å²) in [5.74, 6) is 1.09. The molecule has 5 heteroatoms. The zero-order chi connectivity index (χ0) is 15.4. The Labute approximate surface area is 132 Å². The molecule has 2 heterocycles. The fraction of sp³-hybridized carbons (Fsp3) is 0.588. The Morgan fingerprint density at radius 3 is 2.73 bits per heavy atom. The summed E-state index contributed by atoms with van der Waals surface area (Å²) in [6.07, 6.45) is 4.03. The lowest BCUT2D eigenvalue weighted by Crippen LogP contribution is -2.49. The summed E-state index contributed by atoms with van der Waals surface area (Å²) in [6, 6.07) is 8.43. The summed E-state index contributed by atoms with van der Waals surface area (Å²) in [5.41, 5.74) is 1.15. The molecule has 1 aromatic carbocycles. The molecular weight excluding hydrogens is 278 g/mol. The van der Waals surface area contributed by atoms with E-state index in [-0.39, 0.29) is 11.9 Å². The van der Waals surface area contributed by atoms with Crippen molar-refractivity contribution in [1.82, 2.24) is 10.6 Å². The van der Waals surface area contributed by atoms with E-state index in [0.717, 1.165) is 56.8 Å². The number of amides is 1. The van der Waals surface area contributed by atoms with E-state index in [9.17, 15) is 4.79 Å². The number of carbonyl (C=O) groups is 1. The number of anilines is 1. The number of nitrogens with zero attached hydrogens (tertiary/aromatic N) is 1. The van der Waals surface area contributed by atoms with Crippen LogP contribution in [0.2, 0.25) is 0 Å². The van der Waals surface area contributed by atoms with Crippen LogP contribution < -0.4 is 20.3 Å². The fourth-order valence-corrected chi connectivity index (χ4v) is 3.37. The number of para-hydroxylation sites is 2. The van der Waals surface area contributed by atoms with Crippen molar-refractivity contribution in [2.45, 2.75) is 37.8 Å². The van der Waals surface area contributed by atoms with Gasteiger partial charge in [-0.1, -0.05) is 12.1 Å². The second-order valence-electron chi connectivity index (χ2n) is 6.09. The van der Waals surface area contributed by atoms with Gasteiger partial charge in [0, 0.05) is 19.1 Å². The maximum atomic E-state index is 12.2. The van der Waals surface area contributed by atoms with E-state index in [1.807, 2.05) is 18.2 Å². The Kier molecular flexibility index (Phi) is 4.83. The van der Waals surface area contributed by atoms with Gasteiger partial charge in [-0.3, -0.25) is 4.79 Å². The summed E-state index contributed by atoms with van der Waals surface area (Å²) in [7, 11) is 1.71. The van der Waals surface area contributed by atoms with Crippen molar-refractivity contribution in [2.75, 3.05) is 31.6 Å². The first kappa shape index (κ1) is 15.2. The zero-order valence-electron chi connectivity index (χ0n) is 13.2. The molecule has 2 N–H and O–H groups in total. The smallest absolute Gasteiger partial charge is 0.237 e. The molecule has 1 amide bonds. The summed E-state index contributed by atoms with van der Waals surface area (Å²) in [4.78, 5) is 14.5. The SMILES string of the molecule is COc1ccccc1N1CCC(NC(=O)C2CCCN2)CC1. The molecule has 2 fully saturated rings. The van der Waals surface area contributed by atoms with E-state index in [4.69, 9.17) is 4.74 Å². The minimum absolute atomic E-state index is 0.0206. The molecule has 1 atom stereocenters. The minimum Gasteiger partial charge on any atom is -0.495 e. The topological polar surface area (TPSA) is 53.6 Å². The van der Waals surface area contributed by atoms with Crippen LogP contribution >= 0.6 is 0 Å². The predicted molar refractivity (Wildman–Crippen MR) is 87.4 cm³/mol. The first-order chi connectivity index (χ1) is 10.8. The standard InChI is InChI=1S/C17H25N3O2/c1-22-16-7-3-2-6-15(16)20-11-8-13(9-12-20)19-17(21)14-5-4-10-18-14/h2-3,6-7,13-14,18H,4-5,8-12H2,1H3,(H,19,21). The lowest BCUT2D eigenvalue weighted by molar-refractivity contribution is -0.123. The van der Waals surface area contributed by atoms with Crippen LogP contribution in [0.15, 0.2) is 24.3 Å². The third-order valence-corrected chi connectivity index (χ3v) is 4.64. The molecule has 2 saturated heterocycles. The van der Waals surface area contributed by atoms with Gasteiger partial charge in [0.25, 0.3) is 0 Å². The van der Waals surface area contributed by atoms with Crippen LogP contribution in [0.3, 0.4) is 0 Å². The van der Waals surface area contributed by atoms with E-state index in [2.05, 4.69) is 21.6 Å². The highest BCUT2D eigenvalue weighted by Crippen LogP contribution is 2.29. The lowest BCUT2D eigenvalue weighted by atomic mass is 10.0. The van der Waals surface area contributed by atoms with E-state index >= 15 is 0 Å². The number of ether oxygens (including phenoxy) is 1. The molecule has 0 aliphatic carbocycles. The fourth-order valence-electron chi connectivity index (χ4n) is 3.37. The molecule has 2 aliphatic rings. The Morgan fingerprint density at radius 2 is 2.05 bits per heavy atom.